The van der Waals surface area contributed by atoms with Crippen molar-refractivity contribution in [2.75, 3.05) is 21.3 Å². The second kappa shape index (κ2) is 9.12. The quantitative estimate of drug-likeness (QED) is 0.332. The molecule has 1 unspecified atom stereocenters. The summed E-state index contributed by atoms with van der Waals surface area (Å²) in [6.45, 7) is 0.0385. The number of furan rings is 1. The van der Waals surface area contributed by atoms with Gasteiger partial charge in [0, 0.05) is 11.6 Å². The molecule has 1 N–H and O–H groups in total. The summed E-state index contributed by atoms with van der Waals surface area (Å²) in [5, 5.41) is 11.3. The first-order valence-corrected chi connectivity index (χ1v) is 10.2. The number of Topliss-reactive ketones (excluding diaryl/α,β-unsaturated/α-hetero) is 1. The van der Waals surface area contributed by atoms with Crippen molar-refractivity contribution in [3.63, 3.8) is 0 Å². The minimum Gasteiger partial charge on any atom is -0.507 e. The lowest BCUT2D eigenvalue weighted by Gasteiger charge is -2.26. The molecule has 33 heavy (non-hydrogen) atoms. The molecule has 1 fully saturated rings. The van der Waals surface area contributed by atoms with E-state index in [-0.39, 0.29) is 23.4 Å². The van der Waals surface area contributed by atoms with Crippen LogP contribution in [-0.2, 0) is 16.1 Å². The average molecular weight is 449 g/mol. The smallest absolute Gasteiger partial charge is 0.296 e. The van der Waals surface area contributed by atoms with E-state index in [1.54, 1.807) is 54.6 Å². The molecule has 1 saturated heterocycles. The fraction of sp³-hybridized carbons (Fsp3) is 0.200. The summed E-state index contributed by atoms with van der Waals surface area (Å²) in [7, 11) is 4.46. The number of ether oxygens (including phenoxy) is 3. The van der Waals surface area contributed by atoms with Gasteiger partial charge in [-0.3, -0.25) is 9.59 Å². The number of methoxy groups -OCH3 is 3. The minimum absolute atomic E-state index is 0.0385. The van der Waals surface area contributed by atoms with Gasteiger partial charge in [0.2, 0.25) is 0 Å². The lowest BCUT2D eigenvalue weighted by atomic mass is 9.94. The van der Waals surface area contributed by atoms with Gasteiger partial charge in [-0.15, -0.1) is 0 Å². The van der Waals surface area contributed by atoms with Gasteiger partial charge in [0.25, 0.3) is 11.7 Å². The molecule has 2 aromatic carbocycles. The molecule has 8 heteroatoms. The normalized spacial score (nSPS) is 17.3. The monoisotopic (exact) mass is 449 g/mol. The van der Waals surface area contributed by atoms with E-state index < -0.39 is 17.7 Å². The van der Waals surface area contributed by atoms with E-state index >= 15 is 0 Å². The number of para-hydroxylation sites is 1. The van der Waals surface area contributed by atoms with E-state index in [1.165, 1.54) is 32.5 Å². The second-order valence-electron chi connectivity index (χ2n) is 7.31. The van der Waals surface area contributed by atoms with Gasteiger partial charge >= 0.3 is 0 Å². The summed E-state index contributed by atoms with van der Waals surface area (Å²) in [5.74, 6) is -0.138. The highest BCUT2D eigenvalue weighted by molar-refractivity contribution is 6.46. The van der Waals surface area contributed by atoms with Gasteiger partial charge in [0.05, 0.1) is 51.3 Å². The Balaban J connectivity index is 1.93. The van der Waals surface area contributed by atoms with Crippen molar-refractivity contribution in [2.45, 2.75) is 12.6 Å². The van der Waals surface area contributed by atoms with E-state index in [1.807, 2.05) is 0 Å². The summed E-state index contributed by atoms with van der Waals surface area (Å²) in [4.78, 5) is 27.7. The third-order valence-electron chi connectivity index (χ3n) is 5.54. The predicted octanol–water partition coefficient (Wildman–Crippen LogP) is 3.93. The zero-order valence-corrected chi connectivity index (χ0v) is 18.4. The fourth-order valence-electron chi connectivity index (χ4n) is 3.97. The second-order valence-corrected chi connectivity index (χ2v) is 7.31. The highest BCUT2D eigenvalue weighted by atomic mass is 16.5. The van der Waals surface area contributed by atoms with Crippen LogP contribution in [0.15, 0.2) is 70.9 Å². The number of rotatable bonds is 7. The Morgan fingerprint density at radius 1 is 0.970 bits per heavy atom. The first-order valence-electron chi connectivity index (χ1n) is 10.2. The molecule has 0 spiro atoms. The summed E-state index contributed by atoms with van der Waals surface area (Å²) in [6, 6.07) is 14.4. The Morgan fingerprint density at radius 2 is 1.73 bits per heavy atom. The number of ketones is 1. The molecule has 1 aliphatic rings. The summed E-state index contributed by atoms with van der Waals surface area (Å²) < 4.78 is 21.5. The van der Waals surface area contributed by atoms with E-state index in [0.29, 0.717) is 28.6 Å². The molecule has 8 nitrogen and oxygen atoms in total. The van der Waals surface area contributed by atoms with Crippen molar-refractivity contribution >= 4 is 17.4 Å². The molecule has 1 amide bonds. The molecule has 0 bridgehead atoms. The number of hydrogen-bond acceptors (Lipinski definition) is 7. The van der Waals surface area contributed by atoms with Gasteiger partial charge in [-0.2, -0.15) is 0 Å². The number of likely N-dealkylation sites (tertiary alicyclic amines) is 1. The van der Waals surface area contributed by atoms with Gasteiger partial charge in [-0.05, 0) is 30.3 Å². The molecule has 1 atom stereocenters. The Labute approximate surface area is 190 Å². The van der Waals surface area contributed by atoms with Crippen LogP contribution in [0.5, 0.6) is 17.2 Å². The van der Waals surface area contributed by atoms with Crippen molar-refractivity contribution in [2.24, 2.45) is 0 Å². The first kappa shape index (κ1) is 22.0. The van der Waals surface area contributed by atoms with Crippen molar-refractivity contribution in [1.82, 2.24) is 4.90 Å². The van der Waals surface area contributed by atoms with Gasteiger partial charge in [0.1, 0.15) is 28.8 Å². The lowest BCUT2D eigenvalue weighted by molar-refractivity contribution is -0.140. The van der Waals surface area contributed by atoms with Gasteiger partial charge in [-0.25, -0.2) is 0 Å². The molecule has 0 aliphatic carbocycles. The van der Waals surface area contributed by atoms with Crippen LogP contribution in [-0.4, -0.2) is 43.0 Å². The summed E-state index contributed by atoms with van der Waals surface area (Å²) in [6.07, 6.45) is 1.49. The molecular formula is C25H23NO7. The van der Waals surface area contributed by atoms with Crippen LogP contribution < -0.4 is 14.2 Å². The standard InChI is InChI=1S/C25H23NO7/c1-30-15-10-11-18(20(13-15)32-3)23(27)21-22(17-8-4-5-9-19(17)31-2)26(25(29)24(21)28)14-16-7-6-12-33-16/h4-13,22,27H,14H2,1-3H3/b23-21+. The van der Waals surface area contributed by atoms with Crippen LogP contribution in [0, 0.1) is 0 Å². The number of nitrogens with zero attached hydrogens (tertiary/aromatic N) is 1. The third kappa shape index (κ3) is 3.91. The number of amides is 1. The lowest BCUT2D eigenvalue weighted by Crippen LogP contribution is -2.29. The summed E-state index contributed by atoms with van der Waals surface area (Å²) >= 11 is 0. The highest BCUT2D eigenvalue weighted by Gasteiger charge is 2.47. The Hall–Kier alpha value is -4.20. The van der Waals surface area contributed by atoms with Crippen LogP contribution in [0.3, 0.4) is 0 Å². The average Bonchev–Trinajstić information content (AvgIpc) is 3.45. The van der Waals surface area contributed by atoms with E-state index in [9.17, 15) is 14.7 Å². The van der Waals surface area contributed by atoms with Crippen LogP contribution in [0.25, 0.3) is 5.76 Å². The van der Waals surface area contributed by atoms with Gasteiger partial charge < -0.3 is 28.6 Å². The number of benzene rings is 2. The largest absolute Gasteiger partial charge is 0.507 e. The SMILES string of the molecule is COc1ccc(/C(O)=C2\C(=O)C(=O)N(Cc3ccco3)C2c2ccccc2OC)c(OC)c1. The zero-order chi connectivity index (χ0) is 23.5. The predicted molar refractivity (Wildman–Crippen MR) is 119 cm³/mol. The molecule has 0 radical (unpaired) electrons. The number of hydrogen-bond donors (Lipinski definition) is 1. The van der Waals surface area contributed by atoms with Crippen LogP contribution in [0.1, 0.15) is 22.9 Å². The maximum atomic E-state index is 13.2. The Kier molecular flexibility index (Phi) is 6.08. The molecule has 2 heterocycles. The summed E-state index contributed by atoms with van der Waals surface area (Å²) in [5.41, 5.74) is 0.744. The Morgan fingerprint density at radius 3 is 2.39 bits per heavy atom. The molecule has 0 saturated carbocycles. The van der Waals surface area contributed by atoms with Crippen molar-refractivity contribution < 1.29 is 33.3 Å². The van der Waals surface area contributed by atoms with Gasteiger partial charge in [-0.1, -0.05) is 18.2 Å². The molecule has 4 rings (SSSR count). The molecule has 1 aromatic heterocycles. The third-order valence-corrected chi connectivity index (χ3v) is 5.54. The number of carbonyl (C=O) groups is 2. The topological polar surface area (TPSA) is 98.4 Å². The molecule has 3 aromatic rings. The number of aliphatic hydroxyl groups is 1. The van der Waals surface area contributed by atoms with E-state index in [0.717, 1.165) is 0 Å². The van der Waals surface area contributed by atoms with Crippen molar-refractivity contribution in [3.8, 4) is 17.2 Å². The Bertz CT molecular complexity index is 1210. The van der Waals surface area contributed by atoms with Crippen LogP contribution >= 0.6 is 0 Å². The molecule has 1 aliphatic heterocycles. The number of aliphatic hydroxyl groups excluding tert-OH is 1. The van der Waals surface area contributed by atoms with E-state index in [2.05, 4.69) is 0 Å². The highest BCUT2D eigenvalue weighted by Crippen LogP contribution is 2.44. The van der Waals surface area contributed by atoms with Gasteiger partial charge in [0.15, 0.2) is 0 Å². The maximum absolute atomic E-state index is 13.2. The van der Waals surface area contributed by atoms with Crippen LogP contribution in [0.4, 0.5) is 0 Å². The van der Waals surface area contributed by atoms with Crippen molar-refractivity contribution in [1.29, 1.82) is 0 Å². The number of carbonyl (C=O) groups excluding carboxylic acids is 2. The van der Waals surface area contributed by atoms with E-state index in [4.69, 9.17) is 18.6 Å². The van der Waals surface area contributed by atoms with Crippen molar-refractivity contribution in [3.05, 3.63) is 83.3 Å². The fourth-order valence-corrected chi connectivity index (χ4v) is 3.97. The minimum atomic E-state index is -0.905. The zero-order valence-electron chi connectivity index (χ0n) is 18.4. The molecule has 170 valence electrons. The van der Waals surface area contributed by atoms with Crippen LogP contribution in [0.2, 0.25) is 0 Å². The first-order chi connectivity index (χ1) is 16.0. The maximum Gasteiger partial charge on any atom is 0.296 e. The molecular weight excluding hydrogens is 426 g/mol.